The molecule has 0 aromatic rings. The van der Waals surface area contributed by atoms with E-state index in [1.54, 1.807) is 0 Å². The molecule has 1 amide bonds. The van der Waals surface area contributed by atoms with Crippen molar-refractivity contribution in [3.05, 3.63) is 0 Å². The fourth-order valence-electron chi connectivity index (χ4n) is 2.64. The van der Waals surface area contributed by atoms with Crippen LogP contribution in [0.4, 0.5) is 0 Å². The van der Waals surface area contributed by atoms with Crippen molar-refractivity contribution >= 4 is 11.9 Å². The topological polar surface area (TPSA) is 86.6 Å². The molecule has 2 rings (SSSR count). The lowest BCUT2D eigenvalue weighted by molar-refractivity contribution is -0.144. The van der Waals surface area contributed by atoms with Crippen molar-refractivity contribution in [3.63, 3.8) is 0 Å². The number of aliphatic hydroxyl groups is 1. The Labute approximate surface area is 107 Å². The van der Waals surface area contributed by atoms with Crippen molar-refractivity contribution in [2.75, 3.05) is 13.2 Å². The first-order chi connectivity index (χ1) is 8.56. The van der Waals surface area contributed by atoms with Gasteiger partial charge in [0.15, 0.2) is 0 Å². The molecule has 0 aromatic carbocycles. The summed E-state index contributed by atoms with van der Waals surface area (Å²) < 4.78 is 0. The first kappa shape index (κ1) is 13.3. The summed E-state index contributed by atoms with van der Waals surface area (Å²) >= 11 is 0. The molecule has 2 unspecified atom stereocenters. The van der Waals surface area contributed by atoms with Gasteiger partial charge in [0.2, 0.25) is 5.91 Å². The van der Waals surface area contributed by atoms with E-state index in [2.05, 4.69) is 5.32 Å². The van der Waals surface area contributed by atoms with E-state index >= 15 is 0 Å². The average molecular weight is 255 g/mol. The third-order valence-corrected chi connectivity index (χ3v) is 4.32. The van der Waals surface area contributed by atoms with E-state index in [1.165, 1.54) is 0 Å². The summed E-state index contributed by atoms with van der Waals surface area (Å²) in [6.45, 7) is 0.645. The zero-order valence-corrected chi connectivity index (χ0v) is 10.5. The fourth-order valence-corrected chi connectivity index (χ4v) is 2.64. The van der Waals surface area contributed by atoms with Gasteiger partial charge in [0.05, 0.1) is 12.5 Å². The number of rotatable bonds is 5. The predicted octanol–water partition coefficient (Wildman–Crippen LogP) is 0.766. The Morgan fingerprint density at radius 3 is 2.44 bits per heavy atom. The Morgan fingerprint density at radius 1 is 1.22 bits per heavy atom. The van der Waals surface area contributed by atoms with Crippen LogP contribution in [0.2, 0.25) is 0 Å². The first-order valence-corrected chi connectivity index (χ1v) is 6.68. The van der Waals surface area contributed by atoms with Gasteiger partial charge in [0.1, 0.15) is 0 Å². The monoisotopic (exact) mass is 255 g/mol. The van der Waals surface area contributed by atoms with Gasteiger partial charge in [-0.25, -0.2) is 0 Å². The van der Waals surface area contributed by atoms with Gasteiger partial charge < -0.3 is 15.5 Å². The molecule has 2 aliphatic rings. The minimum Gasteiger partial charge on any atom is -0.481 e. The zero-order valence-electron chi connectivity index (χ0n) is 10.5. The lowest BCUT2D eigenvalue weighted by atomic mass is 9.81. The fraction of sp³-hybridized carbons (Fsp3) is 0.846. The number of carbonyl (C=O) groups excluding carboxylic acids is 1. The highest BCUT2D eigenvalue weighted by atomic mass is 16.4. The van der Waals surface area contributed by atoms with E-state index in [0.29, 0.717) is 19.4 Å². The van der Waals surface area contributed by atoms with Gasteiger partial charge in [-0.2, -0.15) is 0 Å². The largest absolute Gasteiger partial charge is 0.481 e. The van der Waals surface area contributed by atoms with Gasteiger partial charge >= 0.3 is 5.97 Å². The van der Waals surface area contributed by atoms with Crippen molar-refractivity contribution < 1.29 is 19.8 Å². The maximum Gasteiger partial charge on any atom is 0.306 e. The van der Waals surface area contributed by atoms with E-state index in [-0.39, 0.29) is 29.8 Å². The molecular formula is C13H21NO4. The van der Waals surface area contributed by atoms with Gasteiger partial charge in [0.25, 0.3) is 0 Å². The van der Waals surface area contributed by atoms with Crippen LogP contribution in [0.5, 0.6) is 0 Å². The molecule has 2 atom stereocenters. The molecule has 0 heterocycles. The number of aliphatic hydroxyl groups excluding tert-OH is 1. The normalized spacial score (nSPS) is 29.6. The van der Waals surface area contributed by atoms with E-state index in [0.717, 1.165) is 25.7 Å². The number of carboxylic acid groups (broad SMARTS) is 1. The second-order valence-electron chi connectivity index (χ2n) is 5.77. The van der Waals surface area contributed by atoms with Crippen LogP contribution in [0.25, 0.3) is 0 Å². The van der Waals surface area contributed by atoms with Crippen LogP contribution in [0.3, 0.4) is 0 Å². The molecule has 2 aliphatic carbocycles. The van der Waals surface area contributed by atoms with Crippen LogP contribution in [-0.2, 0) is 9.59 Å². The third-order valence-electron chi connectivity index (χ3n) is 4.32. The molecule has 2 fully saturated rings. The smallest absolute Gasteiger partial charge is 0.306 e. The van der Waals surface area contributed by atoms with E-state index in [1.807, 2.05) is 0 Å². The van der Waals surface area contributed by atoms with Crippen LogP contribution in [0.15, 0.2) is 0 Å². The molecule has 0 spiro atoms. The Kier molecular flexibility index (Phi) is 3.90. The SMILES string of the molecule is O=C(O)C1CCCC(C(=O)NCC2(CO)CC2)C1. The number of aliphatic carboxylic acids is 1. The molecule has 0 radical (unpaired) electrons. The van der Waals surface area contributed by atoms with Crippen molar-refractivity contribution in [1.82, 2.24) is 5.32 Å². The molecule has 18 heavy (non-hydrogen) atoms. The van der Waals surface area contributed by atoms with Gasteiger partial charge in [-0.3, -0.25) is 9.59 Å². The number of hydrogen-bond donors (Lipinski definition) is 3. The molecule has 3 N–H and O–H groups in total. The van der Waals surface area contributed by atoms with E-state index in [4.69, 9.17) is 10.2 Å². The van der Waals surface area contributed by atoms with Crippen LogP contribution in [0.1, 0.15) is 38.5 Å². The molecular weight excluding hydrogens is 234 g/mol. The van der Waals surface area contributed by atoms with E-state index in [9.17, 15) is 9.59 Å². The summed E-state index contributed by atoms with van der Waals surface area (Å²) in [6, 6.07) is 0. The van der Waals surface area contributed by atoms with Crippen LogP contribution >= 0.6 is 0 Å². The van der Waals surface area contributed by atoms with Crippen molar-refractivity contribution in [2.24, 2.45) is 17.3 Å². The summed E-state index contributed by atoms with van der Waals surface area (Å²) in [7, 11) is 0. The third kappa shape index (κ3) is 3.02. The minimum atomic E-state index is -0.790. The van der Waals surface area contributed by atoms with Crippen LogP contribution in [-0.4, -0.2) is 35.2 Å². The van der Waals surface area contributed by atoms with Gasteiger partial charge in [-0.05, 0) is 32.1 Å². The van der Waals surface area contributed by atoms with E-state index < -0.39 is 5.97 Å². The lowest BCUT2D eigenvalue weighted by Gasteiger charge is -2.26. The average Bonchev–Trinajstić information content (AvgIpc) is 3.17. The van der Waals surface area contributed by atoms with Gasteiger partial charge in [-0.15, -0.1) is 0 Å². The highest BCUT2D eigenvalue weighted by Crippen LogP contribution is 2.44. The summed E-state index contributed by atoms with van der Waals surface area (Å²) in [5.74, 6) is -1.38. The molecule has 102 valence electrons. The molecule has 0 aliphatic heterocycles. The highest BCUT2D eigenvalue weighted by Gasteiger charge is 2.42. The molecule has 0 bridgehead atoms. The van der Waals surface area contributed by atoms with Crippen LogP contribution < -0.4 is 5.32 Å². The van der Waals surface area contributed by atoms with Gasteiger partial charge in [-0.1, -0.05) is 6.42 Å². The Bertz CT molecular complexity index is 338. The lowest BCUT2D eigenvalue weighted by Crippen LogP contribution is -2.38. The predicted molar refractivity (Wildman–Crippen MR) is 64.8 cm³/mol. The molecule has 0 aromatic heterocycles. The molecule has 5 nitrogen and oxygen atoms in total. The number of carboxylic acids is 1. The van der Waals surface area contributed by atoms with Crippen LogP contribution in [0, 0.1) is 17.3 Å². The quantitative estimate of drug-likeness (QED) is 0.677. The molecule has 5 heteroatoms. The minimum absolute atomic E-state index is 0.0410. The maximum atomic E-state index is 12.0. The second-order valence-corrected chi connectivity index (χ2v) is 5.77. The van der Waals surface area contributed by atoms with Crippen molar-refractivity contribution in [2.45, 2.75) is 38.5 Å². The second kappa shape index (κ2) is 5.26. The summed E-state index contributed by atoms with van der Waals surface area (Å²) in [5.41, 5.74) is -0.0868. The summed E-state index contributed by atoms with van der Waals surface area (Å²) in [4.78, 5) is 22.9. The van der Waals surface area contributed by atoms with Gasteiger partial charge in [0, 0.05) is 17.9 Å². The Balaban J connectivity index is 1.79. The standard InChI is InChI=1S/C13H21NO4/c15-8-13(4-5-13)7-14-11(16)9-2-1-3-10(6-9)12(17)18/h9-10,15H,1-8H2,(H,14,16)(H,17,18). The Hall–Kier alpha value is -1.10. The maximum absolute atomic E-state index is 12.0. The first-order valence-electron chi connectivity index (χ1n) is 6.68. The van der Waals surface area contributed by atoms with Crippen molar-refractivity contribution in [1.29, 1.82) is 0 Å². The zero-order chi connectivity index (χ0) is 13.2. The summed E-state index contributed by atoms with van der Waals surface area (Å²) in [6.07, 6.45) is 4.65. The number of carbonyl (C=O) groups is 2. The van der Waals surface area contributed by atoms with Crippen molar-refractivity contribution in [3.8, 4) is 0 Å². The summed E-state index contributed by atoms with van der Waals surface area (Å²) in [5, 5.41) is 21.0. The molecule has 2 saturated carbocycles. The highest BCUT2D eigenvalue weighted by molar-refractivity contribution is 5.80. The number of amides is 1. The number of hydrogen-bond acceptors (Lipinski definition) is 3. The molecule has 0 saturated heterocycles. The number of nitrogens with one attached hydrogen (secondary N) is 1. The Morgan fingerprint density at radius 2 is 1.89 bits per heavy atom.